The van der Waals surface area contributed by atoms with Crippen LogP contribution in [0.2, 0.25) is 0 Å². The predicted molar refractivity (Wildman–Crippen MR) is 94.1 cm³/mol. The summed E-state index contributed by atoms with van der Waals surface area (Å²) in [6.07, 6.45) is 10.7. The Bertz CT molecular complexity index is 564. The van der Waals surface area contributed by atoms with Crippen molar-refractivity contribution in [1.29, 1.82) is 0 Å². The van der Waals surface area contributed by atoms with Crippen LogP contribution in [0.1, 0.15) is 93.2 Å². The molecule has 2 aliphatic carbocycles. The van der Waals surface area contributed by atoms with Crippen molar-refractivity contribution in [3.63, 3.8) is 0 Å². The number of hydrogen-bond acceptors (Lipinski definition) is 3. The molecule has 2 aliphatic rings. The first-order valence-corrected chi connectivity index (χ1v) is 9.53. The molecule has 24 heavy (non-hydrogen) atoms. The lowest BCUT2D eigenvalue weighted by atomic mass is 9.72. The van der Waals surface area contributed by atoms with Gasteiger partial charge in [0.15, 0.2) is 0 Å². The Morgan fingerprint density at radius 3 is 2.67 bits per heavy atom. The Morgan fingerprint density at radius 1 is 1.38 bits per heavy atom. The standard InChI is InChI=1S/C19H31N3O2/c1-14(2)22-17(15-6-7-15)16(12-21-22)18(24)20-13-19(10-11-23)8-4-3-5-9-19/h12,14-15,23H,3-11,13H2,1-2H3,(H,20,24). The lowest BCUT2D eigenvalue weighted by molar-refractivity contribution is 0.0868. The minimum atomic E-state index is 0.00619. The smallest absolute Gasteiger partial charge is 0.254 e. The van der Waals surface area contributed by atoms with Crippen molar-refractivity contribution in [1.82, 2.24) is 15.1 Å². The Morgan fingerprint density at radius 2 is 2.08 bits per heavy atom. The average molecular weight is 333 g/mol. The number of rotatable bonds is 7. The topological polar surface area (TPSA) is 67.2 Å². The van der Waals surface area contributed by atoms with E-state index in [1.54, 1.807) is 6.20 Å². The predicted octanol–water partition coefficient (Wildman–Crippen LogP) is 3.40. The minimum Gasteiger partial charge on any atom is -0.396 e. The first-order chi connectivity index (χ1) is 11.6. The molecule has 134 valence electrons. The summed E-state index contributed by atoms with van der Waals surface area (Å²) < 4.78 is 2.01. The highest BCUT2D eigenvalue weighted by Crippen LogP contribution is 2.43. The third kappa shape index (κ3) is 3.66. The first-order valence-electron chi connectivity index (χ1n) is 9.53. The summed E-state index contributed by atoms with van der Waals surface area (Å²) in [4.78, 5) is 12.8. The molecular weight excluding hydrogens is 302 g/mol. The van der Waals surface area contributed by atoms with Crippen LogP contribution in [0.5, 0.6) is 0 Å². The van der Waals surface area contributed by atoms with Crippen LogP contribution < -0.4 is 5.32 Å². The summed E-state index contributed by atoms with van der Waals surface area (Å²) in [5.74, 6) is 0.503. The first kappa shape index (κ1) is 17.5. The van der Waals surface area contributed by atoms with Gasteiger partial charge >= 0.3 is 0 Å². The van der Waals surface area contributed by atoms with Gasteiger partial charge in [0.25, 0.3) is 5.91 Å². The lowest BCUT2D eigenvalue weighted by Crippen LogP contribution is -2.39. The van der Waals surface area contributed by atoms with Crippen molar-refractivity contribution in [3.8, 4) is 0 Å². The van der Waals surface area contributed by atoms with Crippen LogP contribution in [-0.2, 0) is 0 Å². The fourth-order valence-electron chi connectivity index (χ4n) is 4.14. The fraction of sp³-hybridized carbons (Fsp3) is 0.789. The molecule has 0 radical (unpaired) electrons. The number of nitrogens with one attached hydrogen (secondary N) is 1. The number of nitrogens with zero attached hydrogens (tertiary/aromatic N) is 2. The number of amides is 1. The van der Waals surface area contributed by atoms with Crippen molar-refractivity contribution in [2.24, 2.45) is 5.41 Å². The van der Waals surface area contributed by atoms with Gasteiger partial charge < -0.3 is 10.4 Å². The van der Waals surface area contributed by atoms with Crippen LogP contribution in [0, 0.1) is 5.41 Å². The highest BCUT2D eigenvalue weighted by atomic mass is 16.3. The maximum Gasteiger partial charge on any atom is 0.254 e. The number of carbonyl (C=O) groups is 1. The van der Waals surface area contributed by atoms with Gasteiger partial charge in [-0.05, 0) is 51.4 Å². The summed E-state index contributed by atoms with van der Waals surface area (Å²) in [5.41, 5.74) is 1.94. The van der Waals surface area contributed by atoms with Gasteiger partial charge in [0, 0.05) is 25.1 Å². The van der Waals surface area contributed by atoms with Gasteiger partial charge in [-0.1, -0.05) is 19.3 Å². The summed E-state index contributed by atoms with van der Waals surface area (Å²) in [6.45, 7) is 5.09. The van der Waals surface area contributed by atoms with E-state index in [4.69, 9.17) is 0 Å². The Kier molecular flexibility index (Phi) is 5.28. The van der Waals surface area contributed by atoms with Gasteiger partial charge in [0.2, 0.25) is 0 Å². The molecule has 1 amide bonds. The SMILES string of the molecule is CC(C)n1ncc(C(=O)NCC2(CCO)CCCCC2)c1C1CC1. The molecule has 0 aromatic carbocycles. The van der Waals surface area contributed by atoms with E-state index >= 15 is 0 Å². The second-order valence-electron chi connectivity index (χ2n) is 7.97. The van der Waals surface area contributed by atoms with Crippen molar-refractivity contribution in [2.75, 3.05) is 13.2 Å². The minimum absolute atomic E-state index is 0.00619. The molecule has 2 saturated carbocycles. The Labute approximate surface area is 144 Å². The van der Waals surface area contributed by atoms with E-state index in [9.17, 15) is 9.90 Å². The van der Waals surface area contributed by atoms with E-state index in [2.05, 4.69) is 24.3 Å². The van der Waals surface area contributed by atoms with Gasteiger partial charge in [0.05, 0.1) is 17.5 Å². The number of hydrogen-bond donors (Lipinski definition) is 2. The molecule has 0 spiro atoms. The molecule has 0 aliphatic heterocycles. The largest absolute Gasteiger partial charge is 0.396 e. The number of aliphatic hydroxyl groups is 1. The highest BCUT2D eigenvalue weighted by molar-refractivity contribution is 5.95. The van der Waals surface area contributed by atoms with Crippen molar-refractivity contribution in [2.45, 2.75) is 77.2 Å². The van der Waals surface area contributed by atoms with Gasteiger partial charge in [-0.3, -0.25) is 9.48 Å². The summed E-state index contributed by atoms with van der Waals surface area (Å²) in [5, 5.41) is 17.1. The van der Waals surface area contributed by atoms with Crippen LogP contribution in [0.15, 0.2) is 6.20 Å². The zero-order chi connectivity index (χ0) is 17.2. The summed E-state index contributed by atoms with van der Waals surface area (Å²) in [7, 11) is 0. The number of carbonyl (C=O) groups excluding carboxylic acids is 1. The molecule has 3 rings (SSSR count). The molecule has 5 heteroatoms. The lowest BCUT2D eigenvalue weighted by Gasteiger charge is -2.37. The van der Waals surface area contributed by atoms with Crippen molar-refractivity contribution < 1.29 is 9.90 Å². The maximum absolute atomic E-state index is 12.8. The van der Waals surface area contributed by atoms with Crippen LogP contribution >= 0.6 is 0 Å². The van der Waals surface area contributed by atoms with Crippen LogP contribution in [-0.4, -0.2) is 33.9 Å². The zero-order valence-electron chi connectivity index (χ0n) is 15.1. The van der Waals surface area contributed by atoms with Crippen molar-refractivity contribution in [3.05, 3.63) is 17.5 Å². The second-order valence-corrected chi connectivity index (χ2v) is 7.97. The molecule has 0 bridgehead atoms. The normalized spacial score (nSPS) is 20.3. The highest BCUT2D eigenvalue weighted by Gasteiger charge is 2.35. The Balaban J connectivity index is 1.70. The van der Waals surface area contributed by atoms with Crippen LogP contribution in [0.3, 0.4) is 0 Å². The Hall–Kier alpha value is -1.36. The molecular formula is C19H31N3O2. The van der Waals surface area contributed by atoms with Gasteiger partial charge in [-0.15, -0.1) is 0 Å². The molecule has 5 nitrogen and oxygen atoms in total. The molecule has 1 aromatic heterocycles. The van der Waals surface area contributed by atoms with Gasteiger partial charge in [-0.25, -0.2) is 0 Å². The van der Waals surface area contributed by atoms with E-state index in [0.29, 0.717) is 12.5 Å². The molecule has 0 saturated heterocycles. The molecule has 1 aromatic rings. The van der Waals surface area contributed by atoms with E-state index in [1.807, 2.05) is 4.68 Å². The molecule has 1 heterocycles. The monoisotopic (exact) mass is 333 g/mol. The third-order valence-electron chi connectivity index (χ3n) is 5.71. The number of aliphatic hydroxyl groups excluding tert-OH is 1. The third-order valence-corrected chi connectivity index (χ3v) is 5.71. The summed E-state index contributed by atoms with van der Waals surface area (Å²) >= 11 is 0. The van der Waals surface area contributed by atoms with Crippen LogP contribution in [0.4, 0.5) is 0 Å². The molecule has 2 fully saturated rings. The number of aromatic nitrogens is 2. The quantitative estimate of drug-likeness (QED) is 0.803. The van der Waals surface area contributed by atoms with E-state index in [0.717, 1.165) is 43.4 Å². The van der Waals surface area contributed by atoms with Gasteiger partial charge in [-0.2, -0.15) is 5.10 Å². The maximum atomic E-state index is 12.8. The van der Waals surface area contributed by atoms with E-state index in [-0.39, 0.29) is 24.0 Å². The van der Waals surface area contributed by atoms with Crippen LogP contribution in [0.25, 0.3) is 0 Å². The van der Waals surface area contributed by atoms with Gasteiger partial charge in [0.1, 0.15) is 0 Å². The average Bonchev–Trinajstić information content (AvgIpc) is 3.31. The zero-order valence-corrected chi connectivity index (χ0v) is 15.1. The fourth-order valence-corrected chi connectivity index (χ4v) is 4.14. The molecule has 2 N–H and O–H groups in total. The summed E-state index contributed by atoms with van der Waals surface area (Å²) in [6, 6.07) is 0.279. The molecule has 0 unspecified atom stereocenters. The second kappa shape index (κ2) is 7.26. The molecule has 0 atom stereocenters. The van der Waals surface area contributed by atoms with E-state index in [1.165, 1.54) is 19.3 Å². The van der Waals surface area contributed by atoms with Crippen molar-refractivity contribution >= 4 is 5.91 Å². The van der Waals surface area contributed by atoms with E-state index < -0.39 is 0 Å².